The van der Waals surface area contributed by atoms with Crippen molar-refractivity contribution in [3.05, 3.63) is 36.5 Å². The number of carbonyl (C=O) groups is 2. The minimum Gasteiger partial charge on any atom is -0.466 e. The van der Waals surface area contributed by atoms with Crippen LogP contribution in [-0.2, 0) is 14.3 Å². The largest absolute Gasteiger partial charge is 0.466 e. The summed E-state index contributed by atoms with van der Waals surface area (Å²) in [6, 6.07) is -0.538. The van der Waals surface area contributed by atoms with Crippen molar-refractivity contribution < 1.29 is 24.5 Å². The molecule has 0 fully saturated rings. The van der Waals surface area contributed by atoms with E-state index >= 15 is 0 Å². The van der Waals surface area contributed by atoms with Gasteiger partial charge in [-0.15, -0.1) is 0 Å². The van der Waals surface area contributed by atoms with Crippen LogP contribution in [0.15, 0.2) is 36.5 Å². The van der Waals surface area contributed by atoms with Crippen LogP contribution in [0.3, 0.4) is 0 Å². The van der Waals surface area contributed by atoms with Gasteiger partial charge in [-0.3, -0.25) is 9.59 Å². The maximum Gasteiger partial charge on any atom is 0.305 e. The molecule has 6 heteroatoms. The number of aliphatic hydroxyl groups excluding tert-OH is 2. The molecule has 3 N–H and O–H groups in total. The van der Waals surface area contributed by atoms with Gasteiger partial charge in [0.25, 0.3) is 0 Å². The lowest BCUT2D eigenvalue weighted by Crippen LogP contribution is -2.45. The molecule has 0 aromatic heterocycles. The molecule has 0 aromatic rings. The van der Waals surface area contributed by atoms with E-state index in [1.54, 1.807) is 0 Å². The highest BCUT2D eigenvalue weighted by molar-refractivity contribution is 5.76. The number of aliphatic hydroxyl groups is 2. The second-order valence-corrected chi connectivity index (χ2v) is 23.9. The van der Waals surface area contributed by atoms with E-state index in [0.717, 1.165) is 51.4 Å². The van der Waals surface area contributed by atoms with Crippen molar-refractivity contribution in [3.63, 3.8) is 0 Å². The van der Waals surface area contributed by atoms with E-state index in [1.165, 1.54) is 295 Å². The fourth-order valence-electron chi connectivity index (χ4n) is 10.8. The van der Waals surface area contributed by atoms with Crippen LogP contribution in [0.2, 0.25) is 0 Å². The molecule has 0 bridgehead atoms. The van der Waals surface area contributed by atoms with E-state index in [9.17, 15) is 19.8 Å². The molecule has 0 saturated heterocycles. The Morgan fingerprint density at radius 2 is 0.649 bits per heavy atom. The van der Waals surface area contributed by atoms with Gasteiger partial charge in [0, 0.05) is 12.8 Å². The van der Waals surface area contributed by atoms with Crippen LogP contribution in [0, 0.1) is 0 Å². The molecule has 2 unspecified atom stereocenters. The van der Waals surface area contributed by atoms with Crippen molar-refractivity contribution >= 4 is 11.9 Å². The van der Waals surface area contributed by atoms with Crippen molar-refractivity contribution in [2.24, 2.45) is 0 Å². The summed E-state index contributed by atoms with van der Waals surface area (Å²) in [6.07, 6.45) is 85.0. The molecular formula is C71H135NO5. The Bertz CT molecular complexity index is 1250. The molecule has 0 aromatic carbocycles. The molecule has 0 saturated carbocycles. The summed E-state index contributed by atoms with van der Waals surface area (Å²) in [7, 11) is 0. The standard InChI is InChI=1S/C71H135NO5/c1-3-5-7-9-11-13-15-45-49-53-57-61-65-71(76)77-66-62-58-54-50-46-42-40-38-36-34-32-30-28-26-24-22-20-18-16-17-19-21-23-25-27-29-31-33-35-37-39-41-44-48-52-56-60-64-70(75)72-68(67-73)69(74)63-59-55-51-47-43-14-12-10-8-6-4-2/h11,13,16,18,22,24,68-69,73-74H,3-10,12,14-15,17,19-21,23,25-67H2,1-2H3,(H,72,75)/b13-11-,18-16-,24-22-. The highest BCUT2D eigenvalue weighted by atomic mass is 16.5. The lowest BCUT2D eigenvalue weighted by Gasteiger charge is -2.22. The second kappa shape index (κ2) is 66.6. The zero-order chi connectivity index (χ0) is 55.7. The molecular weight excluding hydrogens is 947 g/mol. The smallest absolute Gasteiger partial charge is 0.305 e. The van der Waals surface area contributed by atoms with Gasteiger partial charge in [0.1, 0.15) is 0 Å². The summed E-state index contributed by atoms with van der Waals surface area (Å²) in [5.41, 5.74) is 0. The van der Waals surface area contributed by atoms with Gasteiger partial charge in [-0.2, -0.15) is 0 Å². The van der Waals surface area contributed by atoms with Gasteiger partial charge in [-0.25, -0.2) is 0 Å². The van der Waals surface area contributed by atoms with Gasteiger partial charge >= 0.3 is 5.97 Å². The van der Waals surface area contributed by atoms with Crippen molar-refractivity contribution in [2.45, 2.75) is 392 Å². The Hall–Kier alpha value is -1.92. The fraction of sp³-hybridized carbons (Fsp3) is 0.887. The number of unbranched alkanes of at least 4 members (excludes halogenated alkanes) is 48. The van der Waals surface area contributed by atoms with Gasteiger partial charge in [-0.1, -0.05) is 320 Å². The van der Waals surface area contributed by atoms with Gasteiger partial charge in [-0.05, 0) is 83.5 Å². The number of esters is 1. The highest BCUT2D eigenvalue weighted by Crippen LogP contribution is 2.18. The maximum atomic E-state index is 12.5. The average Bonchev–Trinajstić information content (AvgIpc) is 3.43. The number of carbonyl (C=O) groups excluding carboxylic acids is 2. The number of allylic oxidation sites excluding steroid dienone is 6. The number of nitrogens with one attached hydrogen (secondary N) is 1. The Kier molecular flexibility index (Phi) is 64.9. The van der Waals surface area contributed by atoms with Crippen LogP contribution < -0.4 is 5.32 Å². The highest BCUT2D eigenvalue weighted by Gasteiger charge is 2.20. The summed E-state index contributed by atoms with van der Waals surface area (Å²) in [5.74, 6) is -0.0230. The predicted molar refractivity (Wildman–Crippen MR) is 338 cm³/mol. The molecule has 2 atom stereocenters. The minimum absolute atomic E-state index is 0.00871. The summed E-state index contributed by atoms with van der Waals surface area (Å²) < 4.78 is 5.47. The maximum absolute atomic E-state index is 12.5. The zero-order valence-corrected chi connectivity index (χ0v) is 52.0. The Morgan fingerprint density at radius 3 is 1.03 bits per heavy atom. The Morgan fingerprint density at radius 1 is 0.364 bits per heavy atom. The third-order valence-electron chi connectivity index (χ3n) is 16.2. The Balaban J connectivity index is 3.34. The molecule has 0 rings (SSSR count). The molecule has 6 nitrogen and oxygen atoms in total. The third-order valence-corrected chi connectivity index (χ3v) is 16.2. The summed E-state index contributed by atoms with van der Waals surface area (Å²) in [4.78, 5) is 24.5. The second-order valence-electron chi connectivity index (χ2n) is 23.9. The van der Waals surface area contributed by atoms with E-state index in [-0.39, 0.29) is 18.5 Å². The molecule has 0 aliphatic rings. The SMILES string of the molecule is CCCCC/C=C\CCCCCCCC(=O)OCCCCCCCCCCCCCCC/C=C\C/C=C\CCCCCCCCCCCCCCCCCCCC(=O)NC(CO)C(O)CCCCCCCCCCCCC. The first kappa shape index (κ1) is 75.1. The third kappa shape index (κ3) is 63.1. The van der Waals surface area contributed by atoms with Crippen LogP contribution in [0.5, 0.6) is 0 Å². The first-order valence-electron chi connectivity index (χ1n) is 34.7. The molecule has 0 radical (unpaired) electrons. The first-order valence-corrected chi connectivity index (χ1v) is 34.7. The van der Waals surface area contributed by atoms with Crippen LogP contribution in [0.25, 0.3) is 0 Å². The quantitative estimate of drug-likeness (QED) is 0.0320. The number of amides is 1. The van der Waals surface area contributed by atoms with Crippen molar-refractivity contribution in [1.29, 1.82) is 0 Å². The summed E-state index contributed by atoms with van der Waals surface area (Å²) in [5, 5.41) is 23.2. The van der Waals surface area contributed by atoms with Crippen LogP contribution in [-0.4, -0.2) is 47.4 Å². The van der Waals surface area contributed by atoms with Gasteiger partial charge < -0.3 is 20.3 Å². The van der Waals surface area contributed by atoms with E-state index < -0.39 is 12.1 Å². The van der Waals surface area contributed by atoms with Crippen molar-refractivity contribution in [3.8, 4) is 0 Å². The monoisotopic (exact) mass is 1080 g/mol. The molecule has 77 heavy (non-hydrogen) atoms. The summed E-state index contributed by atoms with van der Waals surface area (Å²) >= 11 is 0. The lowest BCUT2D eigenvalue weighted by atomic mass is 10.0. The van der Waals surface area contributed by atoms with Crippen LogP contribution in [0.1, 0.15) is 380 Å². The molecule has 0 aliphatic carbocycles. The predicted octanol–water partition coefficient (Wildman–Crippen LogP) is 22.3. The summed E-state index contributed by atoms with van der Waals surface area (Å²) in [6.45, 7) is 4.94. The molecule has 0 spiro atoms. The number of hydrogen-bond acceptors (Lipinski definition) is 5. The number of ether oxygens (including phenoxy) is 1. The van der Waals surface area contributed by atoms with Gasteiger partial charge in [0.2, 0.25) is 5.91 Å². The van der Waals surface area contributed by atoms with E-state index in [2.05, 4.69) is 55.6 Å². The zero-order valence-electron chi connectivity index (χ0n) is 52.0. The normalized spacial score (nSPS) is 12.7. The number of rotatable bonds is 65. The minimum atomic E-state index is -0.661. The van der Waals surface area contributed by atoms with Crippen LogP contribution in [0.4, 0.5) is 0 Å². The van der Waals surface area contributed by atoms with E-state index in [0.29, 0.717) is 25.9 Å². The molecule has 0 heterocycles. The fourth-order valence-corrected chi connectivity index (χ4v) is 10.8. The average molecular weight is 1080 g/mol. The van der Waals surface area contributed by atoms with Gasteiger partial charge in [0.05, 0.1) is 25.4 Å². The van der Waals surface area contributed by atoms with Crippen molar-refractivity contribution in [1.82, 2.24) is 5.32 Å². The van der Waals surface area contributed by atoms with Crippen molar-refractivity contribution in [2.75, 3.05) is 13.2 Å². The topological polar surface area (TPSA) is 95.9 Å². The molecule has 454 valence electrons. The first-order chi connectivity index (χ1) is 38.0. The lowest BCUT2D eigenvalue weighted by molar-refractivity contribution is -0.143. The van der Waals surface area contributed by atoms with E-state index in [4.69, 9.17) is 4.74 Å². The molecule has 0 aliphatic heterocycles. The molecule has 1 amide bonds. The Labute approximate surface area is 481 Å². The van der Waals surface area contributed by atoms with Crippen LogP contribution >= 0.6 is 0 Å². The van der Waals surface area contributed by atoms with Gasteiger partial charge in [0.15, 0.2) is 0 Å². The number of hydrogen-bond donors (Lipinski definition) is 3. The van der Waals surface area contributed by atoms with E-state index in [1.807, 2.05) is 0 Å².